The lowest BCUT2D eigenvalue weighted by atomic mass is 10.6. The maximum atomic E-state index is 3.39. The minimum Gasteiger partial charge on any atom is -0.0706 e. The summed E-state index contributed by atoms with van der Waals surface area (Å²) in [6, 6.07) is 0. The standard InChI is InChI=1S/C4H2Br6/c5-1(3(7)8)2(6)4(9)10/h3-4H/b2-1-. The molecule has 0 aromatic rings. The molecule has 0 radical (unpaired) electrons. The van der Waals surface area contributed by atoms with Crippen molar-refractivity contribution in [1.82, 2.24) is 0 Å². The van der Waals surface area contributed by atoms with E-state index in [1.807, 2.05) is 0 Å². The SMILES string of the molecule is Br/C(=C(\Br)C(Br)Br)C(Br)Br. The van der Waals surface area contributed by atoms with Gasteiger partial charge in [-0.2, -0.15) is 0 Å². The third-order valence-corrected chi connectivity index (χ3v) is 7.20. The van der Waals surface area contributed by atoms with Crippen molar-refractivity contribution < 1.29 is 0 Å². The highest BCUT2D eigenvalue weighted by Crippen LogP contribution is 2.35. The lowest BCUT2D eigenvalue weighted by Gasteiger charge is -2.05. The van der Waals surface area contributed by atoms with Gasteiger partial charge >= 0.3 is 0 Å². The summed E-state index contributed by atoms with van der Waals surface area (Å²) in [5.74, 6) is 0. The minimum atomic E-state index is 0.145. The molecule has 0 saturated carbocycles. The van der Waals surface area contributed by atoms with Crippen LogP contribution < -0.4 is 0 Å². The van der Waals surface area contributed by atoms with Gasteiger partial charge in [0.05, 0.1) is 0 Å². The Balaban J connectivity index is 4.34. The fourth-order valence-corrected chi connectivity index (χ4v) is 2.88. The van der Waals surface area contributed by atoms with E-state index in [-0.39, 0.29) is 7.47 Å². The van der Waals surface area contributed by atoms with Crippen LogP contribution in [0.15, 0.2) is 8.96 Å². The summed E-state index contributed by atoms with van der Waals surface area (Å²) in [5, 5.41) is 0. The monoisotopic (exact) mass is 524 g/mol. The van der Waals surface area contributed by atoms with Gasteiger partial charge in [0.1, 0.15) is 7.47 Å². The van der Waals surface area contributed by atoms with Gasteiger partial charge in [-0.15, -0.1) is 0 Å². The molecular weight excluding hydrogens is 527 g/mol. The third kappa shape index (κ3) is 4.60. The van der Waals surface area contributed by atoms with Crippen LogP contribution in [0.25, 0.3) is 0 Å². The Morgan fingerprint density at radius 3 is 1.00 bits per heavy atom. The van der Waals surface area contributed by atoms with E-state index in [4.69, 9.17) is 0 Å². The zero-order chi connectivity index (χ0) is 8.31. The van der Waals surface area contributed by atoms with Gasteiger partial charge in [0, 0.05) is 8.96 Å². The molecule has 0 N–H and O–H groups in total. The van der Waals surface area contributed by atoms with Crippen molar-refractivity contribution >= 4 is 95.6 Å². The Bertz CT molecular complexity index is 121. The molecule has 0 bridgehead atoms. The van der Waals surface area contributed by atoms with Crippen LogP contribution in [0.4, 0.5) is 0 Å². The highest BCUT2D eigenvalue weighted by atomic mass is 79.9. The first-order chi connectivity index (χ1) is 4.46. The van der Waals surface area contributed by atoms with Crippen molar-refractivity contribution in [3.8, 4) is 0 Å². The fourth-order valence-electron chi connectivity index (χ4n) is 0.208. The second-order valence-electron chi connectivity index (χ2n) is 1.30. The van der Waals surface area contributed by atoms with E-state index in [2.05, 4.69) is 95.6 Å². The Kier molecular flexibility index (Phi) is 7.74. The van der Waals surface area contributed by atoms with Gasteiger partial charge in [0.25, 0.3) is 0 Å². The zero-order valence-electron chi connectivity index (χ0n) is 4.42. The Morgan fingerprint density at radius 2 is 0.900 bits per heavy atom. The summed E-state index contributed by atoms with van der Waals surface area (Å²) < 4.78 is 2.33. The highest BCUT2D eigenvalue weighted by Gasteiger charge is 2.12. The molecule has 60 valence electrons. The van der Waals surface area contributed by atoms with Gasteiger partial charge in [0.15, 0.2) is 0 Å². The number of halogens is 6. The Labute approximate surface area is 110 Å². The van der Waals surface area contributed by atoms with Crippen LogP contribution in [0.3, 0.4) is 0 Å². The fraction of sp³-hybridized carbons (Fsp3) is 0.500. The first-order valence-corrected chi connectivity index (χ1v) is 7.33. The van der Waals surface area contributed by atoms with Gasteiger partial charge in [-0.3, -0.25) is 0 Å². The molecule has 0 saturated heterocycles. The van der Waals surface area contributed by atoms with Crippen molar-refractivity contribution in [1.29, 1.82) is 0 Å². The van der Waals surface area contributed by atoms with Crippen molar-refractivity contribution in [3.63, 3.8) is 0 Å². The normalized spacial score (nSPS) is 14.4. The molecule has 0 amide bonds. The Morgan fingerprint density at radius 1 is 0.700 bits per heavy atom. The maximum absolute atomic E-state index is 3.39. The number of rotatable bonds is 2. The number of alkyl halides is 4. The van der Waals surface area contributed by atoms with Gasteiger partial charge in [0.2, 0.25) is 0 Å². The molecule has 6 heteroatoms. The molecular formula is C4H2Br6. The number of allylic oxidation sites excluding steroid dienone is 2. The van der Waals surface area contributed by atoms with Crippen LogP contribution in [-0.2, 0) is 0 Å². The maximum Gasteiger partial charge on any atom is 0.102 e. The first kappa shape index (κ1) is 12.6. The topological polar surface area (TPSA) is 0 Å². The molecule has 10 heavy (non-hydrogen) atoms. The van der Waals surface area contributed by atoms with Crippen molar-refractivity contribution in [2.75, 3.05) is 0 Å². The molecule has 0 aromatic heterocycles. The van der Waals surface area contributed by atoms with E-state index in [1.165, 1.54) is 0 Å². The van der Waals surface area contributed by atoms with E-state index < -0.39 is 0 Å². The average Bonchev–Trinajstić information content (AvgIpc) is 1.84. The van der Waals surface area contributed by atoms with Gasteiger partial charge in [-0.25, -0.2) is 0 Å². The third-order valence-electron chi connectivity index (χ3n) is 0.611. The van der Waals surface area contributed by atoms with Crippen LogP contribution in [0.5, 0.6) is 0 Å². The van der Waals surface area contributed by atoms with E-state index in [0.717, 1.165) is 8.96 Å². The van der Waals surface area contributed by atoms with Crippen LogP contribution in [0, 0.1) is 0 Å². The van der Waals surface area contributed by atoms with Gasteiger partial charge in [-0.05, 0) is 0 Å². The zero-order valence-corrected chi connectivity index (χ0v) is 13.9. The molecule has 0 aliphatic carbocycles. The molecule has 0 nitrogen and oxygen atoms in total. The first-order valence-electron chi connectivity index (χ1n) is 2.08. The Hall–Kier alpha value is 2.62. The molecule has 0 aliphatic heterocycles. The number of hydrogen-bond acceptors (Lipinski definition) is 0. The van der Waals surface area contributed by atoms with E-state index in [1.54, 1.807) is 0 Å². The molecule has 0 heterocycles. The smallest absolute Gasteiger partial charge is 0.0706 e. The molecule has 0 spiro atoms. The van der Waals surface area contributed by atoms with Crippen molar-refractivity contribution in [2.24, 2.45) is 0 Å². The van der Waals surface area contributed by atoms with E-state index in [9.17, 15) is 0 Å². The summed E-state index contributed by atoms with van der Waals surface area (Å²) in [6.07, 6.45) is 0. The van der Waals surface area contributed by atoms with Gasteiger partial charge in [-0.1, -0.05) is 95.6 Å². The summed E-state index contributed by atoms with van der Waals surface area (Å²) in [7, 11) is 0. The molecule has 0 unspecified atom stereocenters. The highest BCUT2D eigenvalue weighted by molar-refractivity contribution is 9.26. The quantitative estimate of drug-likeness (QED) is 0.431. The second kappa shape index (κ2) is 6.13. The summed E-state index contributed by atoms with van der Waals surface area (Å²) in [5.41, 5.74) is 0. The van der Waals surface area contributed by atoms with Crippen molar-refractivity contribution in [3.05, 3.63) is 8.96 Å². The molecule has 0 aromatic carbocycles. The lowest BCUT2D eigenvalue weighted by molar-refractivity contribution is 1.56. The molecule has 0 atom stereocenters. The number of hydrogen-bond donors (Lipinski definition) is 0. The van der Waals surface area contributed by atoms with Gasteiger partial charge < -0.3 is 0 Å². The van der Waals surface area contributed by atoms with E-state index in [0.29, 0.717) is 0 Å². The predicted molar refractivity (Wildman–Crippen MR) is 68.2 cm³/mol. The second-order valence-corrected chi connectivity index (χ2v) is 9.13. The minimum absolute atomic E-state index is 0.145. The lowest BCUT2D eigenvalue weighted by Crippen LogP contribution is -1.92. The van der Waals surface area contributed by atoms with Crippen LogP contribution in [0.1, 0.15) is 0 Å². The summed E-state index contributed by atoms with van der Waals surface area (Å²) >= 11 is 20.2. The molecule has 0 aliphatic rings. The summed E-state index contributed by atoms with van der Waals surface area (Å²) in [4.78, 5) is 0. The van der Waals surface area contributed by atoms with Crippen molar-refractivity contribution in [2.45, 2.75) is 7.47 Å². The molecule has 0 rings (SSSR count). The van der Waals surface area contributed by atoms with Crippen LogP contribution in [-0.4, -0.2) is 7.47 Å². The molecule has 0 fully saturated rings. The largest absolute Gasteiger partial charge is 0.102 e. The predicted octanol–water partition coefficient (Wildman–Crippen LogP) is 5.22. The van der Waals surface area contributed by atoms with Crippen LogP contribution in [0.2, 0.25) is 0 Å². The van der Waals surface area contributed by atoms with E-state index >= 15 is 0 Å². The summed E-state index contributed by atoms with van der Waals surface area (Å²) in [6.45, 7) is 0. The van der Waals surface area contributed by atoms with Crippen LogP contribution >= 0.6 is 95.6 Å². The average molecular weight is 529 g/mol.